The van der Waals surface area contributed by atoms with Gasteiger partial charge in [0.25, 0.3) is 0 Å². The first-order chi connectivity index (χ1) is 11.8. The van der Waals surface area contributed by atoms with Gasteiger partial charge >= 0.3 is 6.03 Å². The maximum absolute atomic E-state index is 12.1. The lowest BCUT2D eigenvalue weighted by molar-refractivity contribution is 0.0372. The van der Waals surface area contributed by atoms with Gasteiger partial charge in [0.15, 0.2) is 0 Å². The second-order valence-corrected chi connectivity index (χ2v) is 6.29. The molecule has 0 saturated carbocycles. The summed E-state index contributed by atoms with van der Waals surface area (Å²) in [6.07, 6.45) is 2.90. The van der Waals surface area contributed by atoms with Crippen LogP contribution in [0.4, 0.5) is 4.79 Å². The minimum absolute atomic E-state index is 0.0308. The zero-order chi connectivity index (χ0) is 16.6. The highest BCUT2D eigenvalue weighted by atomic mass is 16.5. The monoisotopic (exact) mass is 333 g/mol. The summed E-state index contributed by atoms with van der Waals surface area (Å²) in [5, 5.41) is 6.02. The Labute approximate surface area is 143 Å². The highest BCUT2D eigenvalue weighted by Crippen LogP contribution is 2.31. The zero-order valence-corrected chi connectivity index (χ0v) is 14.1. The lowest BCUT2D eigenvalue weighted by atomic mass is 10.0. The van der Waals surface area contributed by atoms with Gasteiger partial charge in [-0.1, -0.05) is 18.2 Å². The van der Waals surface area contributed by atoms with Crippen LogP contribution in [0.25, 0.3) is 0 Å². The number of carbonyl (C=O) groups is 1. The average molecular weight is 333 g/mol. The van der Waals surface area contributed by atoms with Gasteiger partial charge in [0, 0.05) is 31.6 Å². The van der Waals surface area contributed by atoms with E-state index in [1.807, 2.05) is 24.3 Å². The van der Waals surface area contributed by atoms with Gasteiger partial charge in [-0.2, -0.15) is 0 Å². The molecule has 6 heteroatoms. The molecule has 0 spiro atoms. The van der Waals surface area contributed by atoms with Crippen molar-refractivity contribution < 1.29 is 14.3 Å². The summed E-state index contributed by atoms with van der Waals surface area (Å²) in [4.78, 5) is 14.5. The van der Waals surface area contributed by atoms with Crippen molar-refractivity contribution in [3.05, 3.63) is 29.8 Å². The van der Waals surface area contributed by atoms with Crippen molar-refractivity contribution in [2.45, 2.75) is 25.3 Å². The van der Waals surface area contributed by atoms with E-state index in [0.29, 0.717) is 13.2 Å². The fourth-order valence-electron chi connectivity index (χ4n) is 3.19. The van der Waals surface area contributed by atoms with Crippen molar-refractivity contribution in [3.8, 4) is 5.75 Å². The number of nitrogens with zero attached hydrogens (tertiary/aromatic N) is 1. The van der Waals surface area contributed by atoms with E-state index >= 15 is 0 Å². The number of unbranched alkanes of at least 4 members (excludes halogenated alkanes) is 1. The maximum Gasteiger partial charge on any atom is 0.315 e. The van der Waals surface area contributed by atoms with Crippen LogP contribution in [-0.4, -0.2) is 56.9 Å². The smallest absolute Gasteiger partial charge is 0.315 e. The molecule has 3 rings (SSSR count). The number of hydrogen-bond donors (Lipinski definition) is 2. The van der Waals surface area contributed by atoms with E-state index in [9.17, 15) is 4.79 Å². The lowest BCUT2D eigenvalue weighted by Gasteiger charge is -2.27. The highest BCUT2D eigenvalue weighted by molar-refractivity contribution is 5.74. The Morgan fingerprint density at radius 1 is 1.17 bits per heavy atom. The Balaban J connectivity index is 1.33. The van der Waals surface area contributed by atoms with Crippen molar-refractivity contribution >= 4 is 6.03 Å². The largest absolute Gasteiger partial charge is 0.493 e. The first-order valence-corrected chi connectivity index (χ1v) is 8.89. The van der Waals surface area contributed by atoms with E-state index in [1.165, 1.54) is 0 Å². The summed E-state index contributed by atoms with van der Waals surface area (Å²) in [6, 6.07) is 7.84. The fraction of sp³-hybridized carbons (Fsp3) is 0.611. The van der Waals surface area contributed by atoms with Crippen LogP contribution < -0.4 is 15.4 Å². The molecule has 1 unspecified atom stereocenters. The molecule has 0 radical (unpaired) electrons. The minimum atomic E-state index is -0.0944. The van der Waals surface area contributed by atoms with Crippen LogP contribution in [0.3, 0.4) is 0 Å². The number of carbonyl (C=O) groups excluding carboxylic acids is 1. The Kier molecular flexibility index (Phi) is 6.32. The lowest BCUT2D eigenvalue weighted by Crippen LogP contribution is -2.40. The third-order valence-corrected chi connectivity index (χ3v) is 4.55. The molecule has 2 N–H and O–H groups in total. The first kappa shape index (κ1) is 17.0. The van der Waals surface area contributed by atoms with Crippen molar-refractivity contribution in [3.63, 3.8) is 0 Å². The molecule has 6 nitrogen and oxygen atoms in total. The van der Waals surface area contributed by atoms with Crippen LogP contribution >= 0.6 is 0 Å². The number of urea groups is 1. The topological polar surface area (TPSA) is 62.8 Å². The van der Waals surface area contributed by atoms with Crippen LogP contribution in [0, 0.1) is 0 Å². The Morgan fingerprint density at radius 2 is 2.00 bits per heavy atom. The number of fused-ring (bicyclic) bond motifs is 1. The number of ether oxygens (including phenoxy) is 2. The van der Waals surface area contributed by atoms with Gasteiger partial charge in [0.05, 0.1) is 25.9 Å². The molecule has 1 atom stereocenters. The molecule has 1 fully saturated rings. The highest BCUT2D eigenvalue weighted by Gasteiger charge is 2.22. The molecule has 1 aromatic rings. The standard InChI is InChI=1S/C18H27N3O3/c22-18(19-8-3-4-9-21-10-13-23-14-11-21)20-16-7-12-24-17-6-2-1-5-15(16)17/h1-2,5-6,16H,3-4,7-14H2,(H2,19,20,22). The Morgan fingerprint density at radius 3 is 2.88 bits per heavy atom. The Bertz CT molecular complexity index is 532. The van der Waals surface area contributed by atoms with E-state index < -0.39 is 0 Å². The van der Waals surface area contributed by atoms with Gasteiger partial charge in [-0.25, -0.2) is 4.79 Å². The normalized spacial score (nSPS) is 20.8. The second-order valence-electron chi connectivity index (χ2n) is 6.29. The van der Waals surface area contributed by atoms with Crippen LogP contribution in [-0.2, 0) is 4.74 Å². The third kappa shape index (κ3) is 4.85. The minimum Gasteiger partial charge on any atom is -0.493 e. The Hall–Kier alpha value is -1.79. The van der Waals surface area contributed by atoms with Crippen molar-refractivity contribution in [1.29, 1.82) is 0 Å². The third-order valence-electron chi connectivity index (χ3n) is 4.55. The number of rotatable bonds is 6. The molecular weight excluding hydrogens is 306 g/mol. The molecule has 2 aliphatic rings. The number of hydrogen-bond acceptors (Lipinski definition) is 4. The zero-order valence-electron chi connectivity index (χ0n) is 14.1. The van der Waals surface area contributed by atoms with Crippen molar-refractivity contribution in [2.75, 3.05) is 46.0 Å². The van der Waals surface area contributed by atoms with Crippen molar-refractivity contribution in [2.24, 2.45) is 0 Å². The average Bonchev–Trinajstić information content (AvgIpc) is 2.63. The number of nitrogens with one attached hydrogen (secondary N) is 2. The molecule has 1 saturated heterocycles. The molecule has 2 aliphatic heterocycles. The van der Waals surface area contributed by atoms with E-state index in [1.54, 1.807) is 0 Å². The molecule has 0 aromatic heterocycles. The second kappa shape index (κ2) is 8.89. The summed E-state index contributed by atoms with van der Waals surface area (Å²) in [7, 11) is 0. The molecular formula is C18H27N3O3. The fourth-order valence-corrected chi connectivity index (χ4v) is 3.19. The van der Waals surface area contributed by atoms with Crippen molar-refractivity contribution in [1.82, 2.24) is 15.5 Å². The molecule has 24 heavy (non-hydrogen) atoms. The summed E-state index contributed by atoms with van der Waals surface area (Å²) >= 11 is 0. The molecule has 1 aromatic carbocycles. The van der Waals surface area contributed by atoms with Crippen LogP contribution in [0.15, 0.2) is 24.3 Å². The van der Waals surface area contributed by atoms with Gasteiger partial charge in [0.2, 0.25) is 0 Å². The molecule has 132 valence electrons. The van der Waals surface area contributed by atoms with E-state index in [4.69, 9.17) is 9.47 Å². The van der Waals surface area contributed by atoms with Gasteiger partial charge in [-0.05, 0) is 25.5 Å². The summed E-state index contributed by atoms with van der Waals surface area (Å²) in [5.74, 6) is 0.875. The number of para-hydroxylation sites is 1. The molecule has 2 heterocycles. The maximum atomic E-state index is 12.1. The quantitative estimate of drug-likeness (QED) is 0.781. The SMILES string of the molecule is O=C(NCCCCN1CCOCC1)NC1CCOc2ccccc21. The summed E-state index contributed by atoms with van der Waals surface area (Å²) < 4.78 is 11.0. The van der Waals surface area contributed by atoms with E-state index in [-0.39, 0.29) is 12.1 Å². The summed E-state index contributed by atoms with van der Waals surface area (Å²) in [5.41, 5.74) is 1.06. The van der Waals surface area contributed by atoms with Gasteiger partial charge in [0.1, 0.15) is 5.75 Å². The van der Waals surface area contributed by atoms with Crippen LogP contribution in [0.1, 0.15) is 30.9 Å². The number of benzene rings is 1. The van der Waals surface area contributed by atoms with Gasteiger partial charge in [-0.15, -0.1) is 0 Å². The van der Waals surface area contributed by atoms with Gasteiger partial charge in [-0.3, -0.25) is 4.90 Å². The predicted molar refractivity (Wildman–Crippen MR) is 92.3 cm³/mol. The first-order valence-electron chi connectivity index (χ1n) is 8.89. The van der Waals surface area contributed by atoms with Crippen LogP contribution in [0.5, 0.6) is 5.75 Å². The predicted octanol–water partition coefficient (Wildman–Crippen LogP) is 1.92. The number of morpholine rings is 1. The summed E-state index contributed by atoms with van der Waals surface area (Å²) in [6.45, 7) is 6.16. The van der Waals surface area contributed by atoms with Gasteiger partial charge < -0.3 is 20.1 Å². The molecule has 0 bridgehead atoms. The molecule has 2 amide bonds. The van der Waals surface area contributed by atoms with E-state index in [2.05, 4.69) is 15.5 Å². The van der Waals surface area contributed by atoms with Crippen LogP contribution in [0.2, 0.25) is 0 Å². The number of amides is 2. The van der Waals surface area contributed by atoms with E-state index in [0.717, 1.165) is 63.4 Å². The molecule has 0 aliphatic carbocycles.